The fraction of sp³-hybridized carbons (Fsp3) is 0.615. The van der Waals surface area contributed by atoms with Crippen molar-refractivity contribution in [3.8, 4) is 0 Å². The van der Waals surface area contributed by atoms with Crippen LogP contribution in [0.25, 0.3) is 0 Å². The third kappa shape index (κ3) is 1.20. The van der Waals surface area contributed by atoms with Gasteiger partial charge in [-0.05, 0) is 24.7 Å². The number of rotatable bonds is 1. The molecule has 1 saturated carbocycles. The summed E-state index contributed by atoms with van der Waals surface area (Å²) in [6, 6.07) is 0. The Balaban J connectivity index is 1.91. The zero-order valence-corrected chi connectivity index (χ0v) is 9.19. The average Bonchev–Trinajstić information content (AvgIpc) is 2.70. The molecule has 0 aromatic carbocycles. The second-order valence-electron chi connectivity index (χ2n) is 4.98. The minimum atomic E-state index is -0.0998. The first kappa shape index (κ1) is 9.20. The number of hydrogen-bond donors (Lipinski definition) is 0. The van der Waals surface area contributed by atoms with Crippen molar-refractivity contribution in [1.82, 2.24) is 0 Å². The molecular weight excluding hydrogens is 188 g/mol. The summed E-state index contributed by atoms with van der Waals surface area (Å²) >= 11 is 0. The number of carbonyl (C=O) groups excluding carboxylic acids is 1. The maximum absolute atomic E-state index is 11.6. The first-order valence-electron chi connectivity index (χ1n) is 5.81. The molecule has 0 amide bonds. The normalized spacial score (nSPS) is 42.9. The Bertz CT molecular complexity index is 370. The van der Waals surface area contributed by atoms with E-state index in [0.29, 0.717) is 17.8 Å². The van der Waals surface area contributed by atoms with Crippen LogP contribution >= 0.6 is 0 Å². The molecule has 0 N–H and O–H groups in total. The van der Waals surface area contributed by atoms with Crippen molar-refractivity contribution in [3.05, 3.63) is 23.3 Å². The van der Waals surface area contributed by atoms with Crippen molar-refractivity contribution in [2.75, 3.05) is 0 Å². The van der Waals surface area contributed by atoms with Gasteiger partial charge < -0.3 is 4.74 Å². The number of carbonyl (C=O) groups is 1. The summed E-state index contributed by atoms with van der Waals surface area (Å²) in [5, 5.41) is 0. The molecule has 2 heteroatoms. The first-order valence-corrected chi connectivity index (χ1v) is 5.81. The summed E-state index contributed by atoms with van der Waals surface area (Å²) in [7, 11) is 0. The lowest BCUT2D eigenvalue weighted by Gasteiger charge is -2.12. The first-order chi connectivity index (χ1) is 7.20. The van der Waals surface area contributed by atoms with Crippen LogP contribution in [-0.4, -0.2) is 12.1 Å². The van der Waals surface area contributed by atoms with E-state index in [2.05, 4.69) is 19.9 Å². The van der Waals surface area contributed by atoms with E-state index in [0.717, 1.165) is 18.4 Å². The van der Waals surface area contributed by atoms with Crippen LogP contribution < -0.4 is 0 Å². The number of hydrogen-bond acceptors (Lipinski definition) is 2. The van der Waals surface area contributed by atoms with Gasteiger partial charge >= 0.3 is 5.97 Å². The van der Waals surface area contributed by atoms with Crippen molar-refractivity contribution in [1.29, 1.82) is 0 Å². The molecule has 0 aromatic heterocycles. The van der Waals surface area contributed by atoms with E-state index in [4.69, 9.17) is 4.74 Å². The van der Waals surface area contributed by atoms with Gasteiger partial charge in [0.1, 0.15) is 6.10 Å². The largest absolute Gasteiger partial charge is 0.454 e. The lowest BCUT2D eigenvalue weighted by atomic mass is 9.93. The van der Waals surface area contributed by atoms with Gasteiger partial charge in [0, 0.05) is 11.5 Å². The highest BCUT2D eigenvalue weighted by Crippen LogP contribution is 2.53. The Hall–Kier alpha value is -1.05. The number of esters is 1. The van der Waals surface area contributed by atoms with Crippen molar-refractivity contribution >= 4 is 5.97 Å². The van der Waals surface area contributed by atoms with Crippen molar-refractivity contribution in [2.45, 2.75) is 32.8 Å². The van der Waals surface area contributed by atoms with Crippen LogP contribution in [0.2, 0.25) is 0 Å². The highest BCUT2D eigenvalue weighted by molar-refractivity contribution is 5.97. The van der Waals surface area contributed by atoms with E-state index < -0.39 is 0 Å². The fourth-order valence-electron chi connectivity index (χ4n) is 2.95. The predicted octanol–water partition coefficient (Wildman–Crippen LogP) is 2.46. The van der Waals surface area contributed by atoms with E-state index in [9.17, 15) is 4.79 Å². The molecule has 3 aliphatic rings. The Labute approximate surface area is 90.0 Å². The van der Waals surface area contributed by atoms with Gasteiger partial charge in [-0.25, -0.2) is 4.79 Å². The summed E-state index contributed by atoms with van der Waals surface area (Å²) in [5.41, 5.74) is 2.02. The van der Waals surface area contributed by atoms with Crippen LogP contribution in [0.3, 0.4) is 0 Å². The molecular formula is C13H16O2. The summed E-state index contributed by atoms with van der Waals surface area (Å²) in [4.78, 5) is 11.6. The highest BCUT2D eigenvalue weighted by atomic mass is 16.6. The third-order valence-electron chi connectivity index (χ3n) is 4.20. The summed E-state index contributed by atoms with van der Waals surface area (Å²) in [6.07, 6.45) is 6.34. The van der Waals surface area contributed by atoms with E-state index in [1.165, 1.54) is 5.57 Å². The molecule has 2 nitrogen and oxygen atoms in total. The lowest BCUT2D eigenvalue weighted by molar-refractivity contribution is -0.139. The van der Waals surface area contributed by atoms with E-state index in [-0.39, 0.29) is 12.1 Å². The smallest absolute Gasteiger partial charge is 0.338 e. The minimum Gasteiger partial charge on any atom is -0.454 e. The number of cyclic esters (lactones) is 1. The van der Waals surface area contributed by atoms with Crippen LogP contribution in [0.4, 0.5) is 0 Å². The van der Waals surface area contributed by atoms with Gasteiger partial charge in [-0.1, -0.05) is 26.0 Å². The monoisotopic (exact) mass is 204 g/mol. The summed E-state index contributed by atoms with van der Waals surface area (Å²) in [6.45, 7) is 4.49. The molecule has 80 valence electrons. The molecule has 3 rings (SSSR count). The van der Waals surface area contributed by atoms with Gasteiger partial charge in [-0.15, -0.1) is 0 Å². The van der Waals surface area contributed by atoms with Crippen molar-refractivity contribution in [2.24, 2.45) is 17.8 Å². The molecule has 0 bridgehead atoms. The quantitative estimate of drug-likeness (QED) is 0.613. The predicted molar refractivity (Wildman–Crippen MR) is 57.1 cm³/mol. The second kappa shape index (κ2) is 2.97. The highest BCUT2D eigenvalue weighted by Gasteiger charge is 2.54. The molecule has 0 spiro atoms. The Morgan fingerprint density at radius 3 is 2.53 bits per heavy atom. The molecule has 3 unspecified atom stereocenters. The van der Waals surface area contributed by atoms with Gasteiger partial charge in [0.25, 0.3) is 0 Å². The lowest BCUT2D eigenvalue weighted by Crippen LogP contribution is -2.13. The molecule has 3 atom stereocenters. The van der Waals surface area contributed by atoms with Gasteiger partial charge in [0.05, 0.1) is 5.57 Å². The second-order valence-corrected chi connectivity index (χ2v) is 4.98. The molecule has 0 aromatic rings. The Morgan fingerprint density at radius 2 is 1.87 bits per heavy atom. The van der Waals surface area contributed by atoms with Crippen LogP contribution in [0.15, 0.2) is 23.3 Å². The maximum atomic E-state index is 11.6. The summed E-state index contributed by atoms with van der Waals surface area (Å²) in [5.74, 6) is 1.86. The zero-order chi connectivity index (χ0) is 10.6. The molecule has 1 heterocycles. The van der Waals surface area contributed by atoms with Crippen LogP contribution in [0.5, 0.6) is 0 Å². The molecule has 2 fully saturated rings. The maximum Gasteiger partial charge on any atom is 0.338 e. The molecule has 15 heavy (non-hydrogen) atoms. The van der Waals surface area contributed by atoms with Gasteiger partial charge in [0.2, 0.25) is 0 Å². The van der Waals surface area contributed by atoms with Crippen molar-refractivity contribution < 1.29 is 9.53 Å². The fourth-order valence-corrected chi connectivity index (χ4v) is 2.95. The Morgan fingerprint density at radius 1 is 1.20 bits per heavy atom. The molecule has 2 aliphatic carbocycles. The number of allylic oxidation sites excluding steroid dienone is 2. The molecule has 0 radical (unpaired) electrons. The molecule has 1 saturated heterocycles. The number of fused-ring (bicyclic) bond motifs is 1. The van der Waals surface area contributed by atoms with E-state index in [1.54, 1.807) is 0 Å². The van der Waals surface area contributed by atoms with E-state index in [1.807, 2.05) is 6.08 Å². The van der Waals surface area contributed by atoms with Gasteiger partial charge in [0.15, 0.2) is 0 Å². The van der Waals surface area contributed by atoms with Gasteiger partial charge in [-0.3, -0.25) is 0 Å². The third-order valence-corrected chi connectivity index (χ3v) is 4.20. The van der Waals surface area contributed by atoms with Crippen molar-refractivity contribution in [3.63, 3.8) is 0 Å². The Kier molecular flexibility index (Phi) is 1.82. The standard InChI is InChI=1S/C13H16O2/c1-7-8(2)11(7)12-9-5-3-4-6-10(9)13(14)15-12/h5-8,11-12H,3-4H2,1-2H3. The topological polar surface area (TPSA) is 26.3 Å². The molecule has 1 aliphatic heterocycles. The minimum absolute atomic E-state index is 0.0639. The van der Waals surface area contributed by atoms with Crippen LogP contribution in [0.1, 0.15) is 26.7 Å². The average molecular weight is 204 g/mol. The summed E-state index contributed by atoms with van der Waals surface area (Å²) < 4.78 is 5.50. The number of ether oxygens (including phenoxy) is 1. The van der Waals surface area contributed by atoms with Crippen LogP contribution in [0, 0.1) is 17.8 Å². The SMILES string of the molecule is CC1C(C)C1C1OC(=O)C2=CCCC=C21. The van der Waals surface area contributed by atoms with Crippen LogP contribution in [-0.2, 0) is 9.53 Å². The van der Waals surface area contributed by atoms with E-state index >= 15 is 0 Å². The van der Waals surface area contributed by atoms with Gasteiger partial charge in [-0.2, -0.15) is 0 Å². The zero-order valence-electron chi connectivity index (χ0n) is 9.19.